The quantitative estimate of drug-likeness (QED) is 0.255. The molecule has 0 aliphatic carbocycles. The molecule has 5 nitrogen and oxygen atoms in total. The first-order valence-electron chi connectivity index (χ1n) is 4.52. The monoisotopic (exact) mass is 234 g/mol. The predicted molar refractivity (Wildman–Crippen MR) is 58.4 cm³/mol. The maximum atomic E-state index is 11.1. The highest BCUT2D eigenvalue weighted by Gasteiger charge is 2.36. The molecule has 0 aliphatic heterocycles. The zero-order valence-electron chi connectivity index (χ0n) is 9.61. The molecular weight excluding hydrogens is 216 g/mol. The van der Waals surface area contributed by atoms with Crippen LogP contribution < -0.4 is 0 Å². The molecule has 0 rings (SSSR count). The zero-order chi connectivity index (χ0) is 11.9. The van der Waals surface area contributed by atoms with Gasteiger partial charge < -0.3 is 18.9 Å². The van der Waals surface area contributed by atoms with Crippen molar-refractivity contribution in [2.75, 3.05) is 21.3 Å². The van der Waals surface area contributed by atoms with Crippen molar-refractivity contribution in [2.24, 2.45) is 0 Å². The second-order valence-electron chi connectivity index (χ2n) is 2.97. The van der Waals surface area contributed by atoms with Crippen molar-refractivity contribution >= 4 is 16.2 Å². The molecule has 6 heteroatoms. The van der Waals surface area contributed by atoms with Crippen molar-refractivity contribution in [3.05, 3.63) is 12.7 Å². The fraction of sp³-hybridized carbons (Fsp3) is 0.667. The predicted octanol–water partition coefficient (Wildman–Crippen LogP) is -0.610. The van der Waals surface area contributed by atoms with Gasteiger partial charge in [0.05, 0.1) is 6.42 Å². The fourth-order valence-corrected chi connectivity index (χ4v) is 1.51. The summed E-state index contributed by atoms with van der Waals surface area (Å²) in [7, 11) is 5.18. The van der Waals surface area contributed by atoms with Crippen LogP contribution in [0, 0.1) is 0 Å². The van der Waals surface area contributed by atoms with Crippen molar-refractivity contribution in [3.8, 4) is 0 Å². The number of methoxy groups -OCH3 is 3. The van der Waals surface area contributed by atoms with Gasteiger partial charge in [0.2, 0.25) is 0 Å². The highest BCUT2D eigenvalue weighted by Crippen LogP contribution is 2.20. The molecule has 0 bridgehead atoms. The Kier molecular flexibility index (Phi) is 6.42. The molecule has 0 aromatic carbocycles. The van der Waals surface area contributed by atoms with Crippen LogP contribution in [0.4, 0.5) is 0 Å². The SMILES string of the molecule is C=CC(=O)OC(CC([SiH3])OC)(OC)OC. The summed E-state index contributed by atoms with van der Waals surface area (Å²) in [6, 6.07) is 0. The van der Waals surface area contributed by atoms with Crippen LogP contribution in [-0.2, 0) is 23.7 Å². The van der Waals surface area contributed by atoms with E-state index >= 15 is 0 Å². The van der Waals surface area contributed by atoms with Gasteiger partial charge in [-0.15, -0.1) is 0 Å². The summed E-state index contributed by atoms with van der Waals surface area (Å²) in [4.78, 5) is 11.1. The number of esters is 1. The maximum absolute atomic E-state index is 11.1. The van der Waals surface area contributed by atoms with Gasteiger partial charge in [-0.2, -0.15) is 0 Å². The maximum Gasteiger partial charge on any atom is 0.334 e. The molecule has 0 N–H and O–H groups in total. The number of carbonyl (C=O) groups excluding carboxylic acids is 1. The van der Waals surface area contributed by atoms with E-state index in [0.29, 0.717) is 6.42 Å². The number of carbonyl (C=O) groups is 1. The van der Waals surface area contributed by atoms with Crippen LogP contribution in [0.5, 0.6) is 0 Å². The molecule has 0 heterocycles. The molecular formula is C9H18O5Si. The molecule has 0 amide bonds. The number of hydrogen-bond acceptors (Lipinski definition) is 5. The van der Waals surface area contributed by atoms with Crippen LogP contribution in [0.2, 0.25) is 0 Å². The molecule has 0 saturated heterocycles. The lowest BCUT2D eigenvalue weighted by Crippen LogP contribution is -2.42. The lowest BCUT2D eigenvalue weighted by molar-refractivity contribution is -0.349. The van der Waals surface area contributed by atoms with E-state index in [2.05, 4.69) is 6.58 Å². The minimum absolute atomic E-state index is 0.0254. The van der Waals surface area contributed by atoms with E-state index in [1.165, 1.54) is 14.2 Å². The van der Waals surface area contributed by atoms with Gasteiger partial charge in [-0.3, -0.25) is 0 Å². The third-order valence-electron chi connectivity index (χ3n) is 1.98. The van der Waals surface area contributed by atoms with Gasteiger partial charge in [0, 0.05) is 43.4 Å². The molecule has 0 saturated carbocycles. The average Bonchev–Trinajstić information content (AvgIpc) is 2.27. The highest BCUT2D eigenvalue weighted by molar-refractivity contribution is 6.11. The van der Waals surface area contributed by atoms with Crippen LogP contribution in [0.15, 0.2) is 12.7 Å². The van der Waals surface area contributed by atoms with Gasteiger partial charge in [0.25, 0.3) is 0 Å². The second kappa shape index (κ2) is 6.73. The topological polar surface area (TPSA) is 54.0 Å². The van der Waals surface area contributed by atoms with Crippen LogP contribution in [0.3, 0.4) is 0 Å². The summed E-state index contributed by atoms with van der Waals surface area (Å²) in [5.74, 6) is -1.98. The van der Waals surface area contributed by atoms with Gasteiger partial charge in [-0.1, -0.05) is 6.58 Å². The van der Waals surface area contributed by atoms with Crippen molar-refractivity contribution in [1.29, 1.82) is 0 Å². The van der Waals surface area contributed by atoms with Crippen LogP contribution in [-0.4, -0.2) is 49.2 Å². The summed E-state index contributed by atoms with van der Waals surface area (Å²) >= 11 is 0. The van der Waals surface area contributed by atoms with Crippen molar-refractivity contribution in [3.63, 3.8) is 0 Å². The summed E-state index contributed by atoms with van der Waals surface area (Å²) in [5.41, 5.74) is -0.0254. The van der Waals surface area contributed by atoms with Crippen LogP contribution in [0.25, 0.3) is 0 Å². The normalized spacial score (nSPS) is 13.5. The number of rotatable bonds is 7. The second-order valence-corrected chi connectivity index (χ2v) is 4.25. The molecule has 0 aliphatic rings. The number of hydrogen-bond donors (Lipinski definition) is 0. The Morgan fingerprint density at radius 2 is 2.00 bits per heavy atom. The molecule has 0 radical (unpaired) electrons. The smallest absolute Gasteiger partial charge is 0.334 e. The summed E-state index contributed by atoms with van der Waals surface area (Å²) in [5, 5.41) is 0. The number of ether oxygens (including phenoxy) is 4. The molecule has 88 valence electrons. The van der Waals surface area contributed by atoms with E-state index < -0.39 is 11.9 Å². The first kappa shape index (κ1) is 14.3. The zero-order valence-corrected chi connectivity index (χ0v) is 11.6. The van der Waals surface area contributed by atoms with Gasteiger partial charge >= 0.3 is 11.9 Å². The fourth-order valence-electron chi connectivity index (χ4n) is 1.01. The van der Waals surface area contributed by atoms with Crippen LogP contribution in [0.1, 0.15) is 6.42 Å². The molecule has 0 spiro atoms. The van der Waals surface area contributed by atoms with Gasteiger partial charge in [0.1, 0.15) is 0 Å². The van der Waals surface area contributed by atoms with Crippen molar-refractivity contribution < 1.29 is 23.7 Å². The lowest BCUT2D eigenvalue weighted by atomic mass is 10.3. The Labute approximate surface area is 92.8 Å². The molecule has 0 aromatic rings. The Balaban J connectivity index is 4.56. The Hall–Kier alpha value is -0.693. The third kappa shape index (κ3) is 4.56. The van der Waals surface area contributed by atoms with E-state index in [1.54, 1.807) is 7.11 Å². The summed E-state index contributed by atoms with van der Waals surface area (Å²) in [6.45, 7) is 3.30. The third-order valence-corrected chi connectivity index (χ3v) is 2.86. The first-order valence-corrected chi connectivity index (χ1v) is 5.67. The standard InChI is InChI=1S/C9H18O5Si/c1-5-7(10)14-9(12-3,13-4)6-8(15)11-2/h5,8H,1,6H2,2-4,15H3. The summed E-state index contributed by atoms with van der Waals surface area (Å²) in [6.07, 6.45) is 1.39. The minimum atomic E-state index is -1.38. The van der Waals surface area contributed by atoms with E-state index in [9.17, 15) is 4.79 Å². The van der Waals surface area contributed by atoms with E-state index in [4.69, 9.17) is 18.9 Å². The van der Waals surface area contributed by atoms with Crippen molar-refractivity contribution in [1.82, 2.24) is 0 Å². The van der Waals surface area contributed by atoms with E-state index in [-0.39, 0.29) is 5.73 Å². The molecule has 0 aromatic heterocycles. The minimum Gasteiger partial charge on any atom is -0.404 e. The Bertz CT molecular complexity index is 215. The van der Waals surface area contributed by atoms with Gasteiger partial charge in [-0.25, -0.2) is 4.79 Å². The van der Waals surface area contributed by atoms with E-state index in [0.717, 1.165) is 16.3 Å². The van der Waals surface area contributed by atoms with Crippen molar-refractivity contribution in [2.45, 2.75) is 18.1 Å². The summed E-state index contributed by atoms with van der Waals surface area (Å²) < 4.78 is 20.2. The first-order chi connectivity index (χ1) is 7.03. The average molecular weight is 234 g/mol. The Morgan fingerprint density at radius 1 is 1.47 bits per heavy atom. The largest absolute Gasteiger partial charge is 0.404 e. The lowest BCUT2D eigenvalue weighted by Gasteiger charge is -2.31. The molecule has 1 atom stereocenters. The van der Waals surface area contributed by atoms with E-state index in [1.807, 2.05) is 0 Å². The van der Waals surface area contributed by atoms with Gasteiger partial charge in [-0.05, 0) is 0 Å². The molecule has 0 fully saturated rings. The molecule has 1 unspecified atom stereocenters. The molecule has 15 heavy (non-hydrogen) atoms. The van der Waals surface area contributed by atoms with Gasteiger partial charge in [0.15, 0.2) is 0 Å². The van der Waals surface area contributed by atoms with Crippen LogP contribution >= 0.6 is 0 Å². The Morgan fingerprint density at radius 3 is 2.33 bits per heavy atom. The highest BCUT2D eigenvalue weighted by atomic mass is 28.1.